The van der Waals surface area contributed by atoms with Crippen molar-refractivity contribution >= 4 is 50.0 Å². The molecule has 0 saturated carbocycles. The number of rotatable bonds is 8. The third-order valence-corrected chi connectivity index (χ3v) is 5.40. The number of carbonyl (C=O) groups is 2. The Kier molecular flexibility index (Phi) is 8.62. The van der Waals surface area contributed by atoms with Crippen LogP contribution in [-0.4, -0.2) is 31.3 Å². The lowest BCUT2D eigenvalue weighted by Gasteiger charge is -2.13. The second kappa shape index (κ2) is 11.6. The highest BCUT2D eigenvalue weighted by Gasteiger charge is 2.15. The first-order valence-corrected chi connectivity index (χ1v) is 11.3. The van der Waals surface area contributed by atoms with Crippen LogP contribution in [0.15, 0.2) is 80.8 Å². The number of amides is 1. The number of esters is 1. The molecule has 1 atom stereocenters. The van der Waals surface area contributed by atoms with Crippen LogP contribution in [0.3, 0.4) is 0 Å². The lowest BCUT2D eigenvalue weighted by Crippen LogP contribution is -2.33. The number of nitrogens with zero attached hydrogens (tertiary/aromatic N) is 1. The summed E-state index contributed by atoms with van der Waals surface area (Å²) >= 11 is 6.73. The summed E-state index contributed by atoms with van der Waals surface area (Å²) in [5.74, 6) is 0.522. The van der Waals surface area contributed by atoms with Gasteiger partial charge in [-0.3, -0.25) is 4.79 Å². The SMILES string of the molecule is COc1ccc(C(=O)Oc2ccc(Br)cc2/C=N/NC(=O)C(C)Oc2ccc(Br)cc2)cc1. The molecule has 0 aliphatic heterocycles. The summed E-state index contributed by atoms with van der Waals surface area (Å²) < 4.78 is 17.9. The van der Waals surface area contributed by atoms with E-state index in [1.54, 1.807) is 68.6 Å². The summed E-state index contributed by atoms with van der Waals surface area (Å²) in [5.41, 5.74) is 3.30. The van der Waals surface area contributed by atoms with Crippen LogP contribution in [-0.2, 0) is 4.79 Å². The molecule has 9 heteroatoms. The van der Waals surface area contributed by atoms with Gasteiger partial charge in [-0.25, -0.2) is 10.2 Å². The number of hydrogen-bond donors (Lipinski definition) is 1. The normalized spacial score (nSPS) is 11.6. The number of halogens is 2. The van der Waals surface area contributed by atoms with Crippen molar-refractivity contribution in [2.75, 3.05) is 7.11 Å². The average Bonchev–Trinajstić information content (AvgIpc) is 2.82. The Morgan fingerprint density at radius 1 is 0.939 bits per heavy atom. The molecule has 0 aliphatic carbocycles. The van der Waals surface area contributed by atoms with Crippen LogP contribution < -0.4 is 19.6 Å². The molecule has 0 radical (unpaired) electrons. The molecule has 1 amide bonds. The summed E-state index contributed by atoms with van der Waals surface area (Å²) in [7, 11) is 1.55. The second-order valence-corrected chi connectivity index (χ2v) is 8.58. The van der Waals surface area contributed by atoms with Gasteiger partial charge in [0, 0.05) is 14.5 Å². The van der Waals surface area contributed by atoms with Crippen LogP contribution in [0, 0.1) is 0 Å². The smallest absolute Gasteiger partial charge is 0.343 e. The Morgan fingerprint density at radius 3 is 2.24 bits per heavy atom. The summed E-state index contributed by atoms with van der Waals surface area (Å²) in [4.78, 5) is 24.8. The zero-order chi connectivity index (χ0) is 23.8. The van der Waals surface area contributed by atoms with Crippen LogP contribution in [0.1, 0.15) is 22.8 Å². The molecule has 0 spiro atoms. The molecule has 0 saturated heterocycles. The van der Waals surface area contributed by atoms with Crippen molar-refractivity contribution in [1.82, 2.24) is 5.43 Å². The Hall–Kier alpha value is -3.17. The number of benzene rings is 3. The molecule has 170 valence electrons. The molecule has 1 N–H and O–H groups in total. The van der Waals surface area contributed by atoms with Gasteiger partial charge in [0.15, 0.2) is 6.10 Å². The van der Waals surface area contributed by atoms with Gasteiger partial charge in [-0.15, -0.1) is 0 Å². The fourth-order valence-electron chi connectivity index (χ4n) is 2.63. The lowest BCUT2D eigenvalue weighted by atomic mass is 10.2. The molecule has 3 aromatic carbocycles. The van der Waals surface area contributed by atoms with Gasteiger partial charge in [0.05, 0.1) is 18.9 Å². The highest BCUT2D eigenvalue weighted by Crippen LogP contribution is 2.23. The predicted octanol–water partition coefficient (Wildman–Crippen LogP) is 5.36. The van der Waals surface area contributed by atoms with Gasteiger partial charge in [-0.05, 0) is 73.7 Å². The van der Waals surface area contributed by atoms with Gasteiger partial charge in [0.2, 0.25) is 0 Å². The van der Waals surface area contributed by atoms with E-state index >= 15 is 0 Å². The number of hydrogen-bond acceptors (Lipinski definition) is 6. The molecule has 0 fully saturated rings. The minimum atomic E-state index is -0.766. The van der Waals surface area contributed by atoms with Crippen molar-refractivity contribution in [3.8, 4) is 17.2 Å². The monoisotopic (exact) mass is 574 g/mol. The third-order valence-electron chi connectivity index (χ3n) is 4.37. The second-order valence-electron chi connectivity index (χ2n) is 6.75. The van der Waals surface area contributed by atoms with Crippen molar-refractivity contribution in [3.63, 3.8) is 0 Å². The van der Waals surface area contributed by atoms with E-state index < -0.39 is 18.0 Å². The van der Waals surface area contributed by atoms with Crippen molar-refractivity contribution < 1.29 is 23.8 Å². The van der Waals surface area contributed by atoms with E-state index in [1.807, 2.05) is 12.1 Å². The molecule has 0 aliphatic rings. The summed E-state index contributed by atoms with van der Waals surface area (Å²) in [6.45, 7) is 1.62. The zero-order valence-electron chi connectivity index (χ0n) is 17.7. The van der Waals surface area contributed by atoms with Crippen molar-refractivity contribution in [3.05, 3.63) is 86.8 Å². The summed E-state index contributed by atoms with van der Waals surface area (Å²) in [6, 6.07) is 18.8. The quantitative estimate of drug-likeness (QED) is 0.169. The van der Waals surface area contributed by atoms with Crippen LogP contribution >= 0.6 is 31.9 Å². The molecule has 3 rings (SSSR count). The van der Waals surface area contributed by atoms with Gasteiger partial charge < -0.3 is 14.2 Å². The maximum absolute atomic E-state index is 12.5. The van der Waals surface area contributed by atoms with Gasteiger partial charge in [0.25, 0.3) is 5.91 Å². The zero-order valence-corrected chi connectivity index (χ0v) is 20.9. The molecule has 33 heavy (non-hydrogen) atoms. The van der Waals surface area contributed by atoms with E-state index in [0.29, 0.717) is 22.6 Å². The van der Waals surface area contributed by atoms with Crippen molar-refractivity contribution in [2.24, 2.45) is 5.10 Å². The standard InChI is InChI=1S/C24H20Br2N2O5/c1-15(32-21-10-5-18(25)6-11-21)23(29)28-27-14-17-13-19(26)7-12-22(17)33-24(30)16-3-8-20(31-2)9-4-16/h3-15H,1-2H3,(H,28,29)/b27-14+. The molecular weight excluding hydrogens is 556 g/mol. The fourth-order valence-corrected chi connectivity index (χ4v) is 3.27. The Bertz CT molecular complexity index is 1150. The summed E-state index contributed by atoms with van der Waals surface area (Å²) in [6.07, 6.45) is 0.629. The predicted molar refractivity (Wildman–Crippen MR) is 132 cm³/mol. The molecule has 7 nitrogen and oxygen atoms in total. The van der Waals surface area contributed by atoms with Gasteiger partial charge in [-0.1, -0.05) is 31.9 Å². The topological polar surface area (TPSA) is 86.2 Å². The average molecular weight is 576 g/mol. The first-order chi connectivity index (χ1) is 15.9. The number of carbonyl (C=O) groups excluding carboxylic acids is 2. The van der Waals surface area contributed by atoms with Crippen LogP contribution in [0.5, 0.6) is 17.2 Å². The van der Waals surface area contributed by atoms with E-state index in [9.17, 15) is 9.59 Å². The minimum absolute atomic E-state index is 0.288. The maximum Gasteiger partial charge on any atom is 0.343 e. The van der Waals surface area contributed by atoms with Crippen LogP contribution in [0.25, 0.3) is 0 Å². The molecule has 0 aromatic heterocycles. The van der Waals surface area contributed by atoms with E-state index in [1.165, 1.54) is 6.21 Å². The summed E-state index contributed by atoms with van der Waals surface area (Å²) in [5, 5.41) is 3.98. The number of nitrogens with one attached hydrogen (secondary N) is 1. The largest absolute Gasteiger partial charge is 0.497 e. The Labute approximate surface area is 208 Å². The third kappa shape index (κ3) is 7.16. The maximum atomic E-state index is 12.5. The molecule has 1 unspecified atom stereocenters. The Balaban J connectivity index is 1.64. The number of ether oxygens (including phenoxy) is 3. The Morgan fingerprint density at radius 2 is 1.58 bits per heavy atom. The van der Waals surface area contributed by atoms with Crippen molar-refractivity contribution in [1.29, 1.82) is 0 Å². The van der Waals surface area contributed by atoms with E-state index in [4.69, 9.17) is 14.2 Å². The number of hydrazone groups is 1. The van der Waals surface area contributed by atoms with E-state index in [2.05, 4.69) is 42.4 Å². The van der Waals surface area contributed by atoms with E-state index in [-0.39, 0.29) is 5.75 Å². The first-order valence-electron chi connectivity index (χ1n) is 9.76. The molecule has 3 aromatic rings. The minimum Gasteiger partial charge on any atom is -0.497 e. The molecular formula is C24H20Br2N2O5. The highest BCUT2D eigenvalue weighted by atomic mass is 79.9. The fraction of sp³-hybridized carbons (Fsp3) is 0.125. The molecule has 0 heterocycles. The van der Waals surface area contributed by atoms with Gasteiger partial charge in [0.1, 0.15) is 17.2 Å². The van der Waals surface area contributed by atoms with Crippen LogP contribution in [0.2, 0.25) is 0 Å². The van der Waals surface area contributed by atoms with Gasteiger partial charge in [-0.2, -0.15) is 5.10 Å². The highest BCUT2D eigenvalue weighted by molar-refractivity contribution is 9.10. The lowest BCUT2D eigenvalue weighted by molar-refractivity contribution is -0.127. The van der Waals surface area contributed by atoms with E-state index in [0.717, 1.165) is 8.95 Å². The first kappa shape index (κ1) is 24.5. The van der Waals surface area contributed by atoms with Crippen molar-refractivity contribution in [2.45, 2.75) is 13.0 Å². The van der Waals surface area contributed by atoms with Crippen LogP contribution in [0.4, 0.5) is 0 Å². The van der Waals surface area contributed by atoms with Gasteiger partial charge >= 0.3 is 5.97 Å². The molecule has 0 bridgehead atoms. The number of methoxy groups -OCH3 is 1.